The monoisotopic (exact) mass is 440 g/mol. The van der Waals surface area contributed by atoms with E-state index in [9.17, 15) is 9.59 Å². The summed E-state index contributed by atoms with van der Waals surface area (Å²) < 4.78 is 5.58. The molecule has 1 fully saturated rings. The fourth-order valence-electron chi connectivity index (χ4n) is 5.17. The van der Waals surface area contributed by atoms with Gasteiger partial charge in [0.1, 0.15) is 12.1 Å². The van der Waals surface area contributed by atoms with Gasteiger partial charge in [0, 0.05) is 18.8 Å². The largest absolute Gasteiger partial charge is 0.499 e. The molecule has 0 amide bonds. The van der Waals surface area contributed by atoms with Crippen molar-refractivity contribution in [3.63, 3.8) is 0 Å². The molecule has 0 atom stereocenters. The van der Waals surface area contributed by atoms with Crippen molar-refractivity contribution in [2.24, 2.45) is 16.7 Å². The molecule has 1 aliphatic rings. The Labute approximate surface area is 196 Å². The zero-order valence-corrected chi connectivity index (χ0v) is 21.2. The van der Waals surface area contributed by atoms with Gasteiger partial charge in [0.05, 0.1) is 12.4 Å². The van der Waals surface area contributed by atoms with Gasteiger partial charge in [-0.15, -0.1) is 0 Å². The molecule has 1 aromatic rings. The molecule has 1 aliphatic carbocycles. The first-order valence-electron chi connectivity index (χ1n) is 12.1. The van der Waals surface area contributed by atoms with E-state index in [4.69, 9.17) is 4.74 Å². The second kappa shape index (κ2) is 13.4. The van der Waals surface area contributed by atoms with Gasteiger partial charge in [0.15, 0.2) is 0 Å². The number of hydrogen-bond donors (Lipinski definition) is 0. The highest BCUT2D eigenvalue weighted by atomic mass is 16.5. The summed E-state index contributed by atoms with van der Waals surface area (Å²) in [4.78, 5) is 22.7. The molecule has 0 radical (unpaired) electrons. The van der Waals surface area contributed by atoms with Crippen LogP contribution in [0.3, 0.4) is 0 Å². The first kappa shape index (κ1) is 27.9. The Morgan fingerprint density at radius 2 is 1.62 bits per heavy atom. The zero-order valence-electron chi connectivity index (χ0n) is 21.2. The van der Waals surface area contributed by atoms with Gasteiger partial charge < -0.3 is 4.74 Å². The summed E-state index contributed by atoms with van der Waals surface area (Å²) in [6.45, 7) is 17.4. The van der Waals surface area contributed by atoms with Gasteiger partial charge in [-0.25, -0.2) is 0 Å². The van der Waals surface area contributed by atoms with Crippen molar-refractivity contribution in [1.29, 1.82) is 0 Å². The quantitative estimate of drug-likeness (QED) is 0.161. The van der Waals surface area contributed by atoms with Crippen LogP contribution < -0.4 is 0 Å². The van der Waals surface area contributed by atoms with Crippen molar-refractivity contribution in [3.8, 4) is 0 Å². The number of hydrogen-bond acceptors (Lipinski definition) is 3. The standard InChI is InChI=1S/C15H20O.C14H24O2/c1-2-3-4-6-11-15(13-16)12-14-9-7-5-8-10-14;1-7-16-10(2)12-13(3,4)8-11(15)9-14(12,5)6/h5,7-10,12-13H,2-4,6,11H2,1H3;12H,2,7-9H2,1,3-6H3/b15-12+;. The molecule has 3 heteroatoms. The molecule has 32 heavy (non-hydrogen) atoms. The van der Waals surface area contributed by atoms with Crippen molar-refractivity contribution in [1.82, 2.24) is 0 Å². The average molecular weight is 441 g/mol. The Balaban J connectivity index is 0.000000320. The molecule has 1 aromatic carbocycles. The van der Waals surface area contributed by atoms with E-state index < -0.39 is 0 Å². The summed E-state index contributed by atoms with van der Waals surface area (Å²) in [6, 6.07) is 10.0. The Kier molecular flexibility index (Phi) is 11.7. The van der Waals surface area contributed by atoms with Crippen LogP contribution in [0.15, 0.2) is 48.2 Å². The maximum absolute atomic E-state index is 11.7. The summed E-state index contributed by atoms with van der Waals surface area (Å²) >= 11 is 0. The average Bonchev–Trinajstić information content (AvgIpc) is 2.69. The van der Waals surface area contributed by atoms with Crippen LogP contribution in [0.2, 0.25) is 0 Å². The predicted octanol–water partition coefficient (Wildman–Crippen LogP) is 7.81. The Bertz CT molecular complexity index is 736. The number of Topliss-reactive ketones (excluding diaryl/α,β-unsaturated/α-hetero) is 1. The predicted molar refractivity (Wildman–Crippen MR) is 135 cm³/mol. The van der Waals surface area contributed by atoms with Crippen LogP contribution >= 0.6 is 0 Å². The third-order valence-electron chi connectivity index (χ3n) is 6.14. The molecule has 0 spiro atoms. The molecule has 0 aliphatic heterocycles. The smallest absolute Gasteiger partial charge is 0.146 e. The summed E-state index contributed by atoms with van der Waals surface area (Å²) in [5.41, 5.74) is 1.92. The number of carbonyl (C=O) groups excluding carboxylic acids is 2. The van der Waals surface area contributed by atoms with Crippen molar-refractivity contribution in [2.45, 2.75) is 86.5 Å². The van der Waals surface area contributed by atoms with E-state index in [1.165, 1.54) is 19.3 Å². The summed E-state index contributed by atoms with van der Waals surface area (Å²) in [5.74, 6) is 1.44. The molecule has 0 unspecified atom stereocenters. The van der Waals surface area contributed by atoms with Gasteiger partial charge in [-0.05, 0) is 47.8 Å². The van der Waals surface area contributed by atoms with Crippen LogP contribution in [0, 0.1) is 16.7 Å². The van der Waals surface area contributed by atoms with Crippen LogP contribution in [0.4, 0.5) is 0 Å². The van der Waals surface area contributed by atoms with Crippen LogP contribution in [0.1, 0.15) is 92.1 Å². The van der Waals surface area contributed by atoms with Crippen LogP contribution in [-0.4, -0.2) is 18.7 Å². The van der Waals surface area contributed by atoms with Crippen LogP contribution in [0.25, 0.3) is 6.08 Å². The Hall–Kier alpha value is -2.16. The van der Waals surface area contributed by atoms with Gasteiger partial charge in [0.25, 0.3) is 0 Å². The van der Waals surface area contributed by atoms with Gasteiger partial charge >= 0.3 is 0 Å². The highest BCUT2D eigenvalue weighted by molar-refractivity contribution is 5.81. The minimum atomic E-state index is -0.0505. The van der Waals surface area contributed by atoms with E-state index in [0.717, 1.165) is 36.0 Å². The van der Waals surface area contributed by atoms with Crippen molar-refractivity contribution in [3.05, 3.63) is 53.8 Å². The SMILES string of the molecule is C=C(OCC)C1C(C)(C)CC(=O)CC1(C)C.CCCCCC/C(C=O)=C\c1ccccc1. The molecular weight excluding hydrogens is 396 g/mol. The lowest BCUT2D eigenvalue weighted by molar-refractivity contribution is -0.131. The first-order valence-corrected chi connectivity index (χ1v) is 12.1. The lowest BCUT2D eigenvalue weighted by Gasteiger charge is -2.48. The van der Waals surface area contributed by atoms with Gasteiger partial charge in [-0.1, -0.05) is 90.8 Å². The summed E-state index contributed by atoms with van der Waals surface area (Å²) in [7, 11) is 0. The topological polar surface area (TPSA) is 43.4 Å². The molecule has 3 nitrogen and oxygen atoms in total. The number of aldehydes is 1. The highest BCUT2D eigenvalue weighted by Crippen LogP contribution is 2.52. The molecule has 0 N–H and O–H groups in total. The zero-order chi connectivity index (χ0) is 24.2. The molecular formula is C29H44O3. The third kappa shape index (κ3) is 9.14. The molecule has 1 saturated carbocycles. The third-order valence-corrected chi connectivity index (χ3v) is 6.14. The minimum absolute atomic E-state index is 0.0505. The van der Waals surface area contributed by atoms with E-state index >= 15 is 0 Å². The lowest BCUT2D eigenvalue weighted by atomic mass is 9.56. The number of carbonyl (C=O) groups is 2. The normalized spacial score (nSPS) is 17.8. The number of unbranched alkanes of at least 4 members (excludes halogenated alkanes) is 3. The second-order valence-electron chi connectivity index (χ2n) is 10.3. The molecule has 0 heterocycles. The minimum Gasteiger partial charge on any atom is -0.499 e. The summed E-state index contributed by atoms with van der Waals surface area (Å²) in [5, 5.41) is 0. The lowest BCUT2D eigenvalue weighted by Crippen LogP contribution is -2.45. The number of benzene rings is 1. The highest BCUT2D eigenvalue weighted by Gasteiger charge is 2.49. The van der Waals surface area contributed by atoms with Crippen molar-refractivity contribution < 1.29 is 14.3 Å². The van der Waals surface area contributed by atoms with Gasteiger partial charge in [0.2, 0.25) is 0 Å². The molecule has 0 bridgehead atoms. The van der Waals surface area contributed by atoms with E-state index in [1.54, 1.807) is 0 Å². The molecule has 0 aromatic heterocycles. The first-order chi connectivity index (χ1) is 15.1. The maximum atomic E-state index is 11.7. The van der Waals surface area contributed by atoms with E-state index in [2.05, 4.69) is 41.2 Å². The molecule has 0 saturated heterocycles. The van der Waals surface area contributed by atoms with Crippen molar-refractivity contribution in [2.75, 3.05) is 6.61 Å². The Morgan fingerprint density at radius 3 is 2.12 bits per heavy atom. The van der Waals surface area contributed by atoms with E-state index in [-0.39, 0.29) is 16.7 Å². The number of ketones is 1. The van der Waals surface area contributed by atoms with E-state index in [0.29, 0.717) is 25.2 Å². The van der Waals surface area contributed by atoms with E-state index in [1.807, 2.05) is 43.3 Å². The number of ether oxygens (including phenoxy) is 1. The van der Waals surface area contributed by atoms with Crippen LogP contribution in [0.5, 0.6) is 0 Å². The van der Waals surface area contributed by atoms with Crippen molar-refractivity contribution >= 4 is 18.1 Å². The van der Waals surface area contributed by atoms with Gasteiger partial charge in [-0.2, -0.15) is 0 Å². The number of rotatable bonds is 10. The summed E-state index contributed by atoms with van der Waals surface area (Å²) in [6.07, 6.45) is 9.97. The maximum Gasteiger partial charge on any atom is 0.146 e. The fourth-order valence-corrected chi connectivity index (χ4v) is 5.17. The molecule has 178 valence electrons. The number of allylic oxidation sites excluding steroid dienone is 2. The second-order valence-corrected chi connectivity index (χ2v) is 10.3. The molecule has 2 rings (SSSR count). The fraction of sp³-hybridized carbons (Fsp3) is 0.586. The van der Waals surface area contributed by atoms with Crippen LogP contribution in [-0.2, 0) is 14.3 Å². The van der Waals surface area contributed by atoms with Gasteiger partial charge in [-0.3, -0.25) is 9.59 Å². The Morgan fingerprint density at radius 1 is 1.03 bits per heavy atom.